The van der Waals surface area contributed by atoms with Crippen LogP contribution < -0.4 is 0 Å². The van der Waals surface area contributed by atoms with Crippen LogP contribution in [0.25, 0.3) is 0 Å². The van der Waals surface area contributed by atoms with Gasteiger partial charge in [0.25, 0.3) is 0 Å². The molecule has 92 valence electrons. The van der Waals surface area contributed by atoms with Crippen molar-refractivity contribution in [3.05, 3.63) is 0 Å². The Labute approximate surface area is 98.1 Å². The Hall–Kier alpha value is -0.630. The van der Waals surface area contributed by atoms with Crippen molar-refractivity contribution in [2.45, 2.75) is 38.4 Å². The molecule has 1 aliphatic rings. The fourth-order valence-corrected chi connectivity index (χ4v) is 2.03. The van der Waals surface area contributed by atoms with Crippen LogP contribution in [0.15, 0.2) is 0 Å². The number of hydrogen-bond acceptors (Lipinski definition) is 4. The summed E-state index contributed by atoms with van der Waals surface area (Å²) in [7, 11) is 1.70. The summed E-state index contributed by atoms with van der Waals surface area (Å²) in [6, 6.07) is 2.18. The van der Waals surface area contributed by atoms with Crippen LogP contribution >= 0.6 is 0 Å². The van der Waals surface area contributed by atoms with E-state index in [1.54, 1.807) is 7.11 Å². The lowest BCUT2D eigenvalue weighted by Crippen LogP contribution is -2.35. The van der Waals surface area contributed by atoms with Crippen LogP contribution in [0.2, 0.25) is 0 Å². The quantitative estimate of drug-likeness (QED) is 0.658. The van der Waals surface area contributed by atoms with E-state index in [0.717, 1.165) is 32.5 Å². The normalized spacial score (nSPS) is 24.9. The van der Waals surface area contributed by atoms with E-state index in [1.165, 1.54) is 0 Å². The third kappa shape index (κ3) is 4.93. The van der Waals surface area contributed by atoms with Crippen molar-refractivity contribution < 1.29 is 9.47 Å². The van der Waals surface area contributed by atoms with E-state index in [9.17, 15) is 0 Å². The van der Waals surface area contributed by atoms with Gasteiger partial charge in [-0.05, 0) is 19.8 Å². The molecule has 16 heavy (non-hydrogen) atoms. The lowest BCUT2D eigenvalue weighted by molar-refractivity contribution is 0.0265. The molecule has 2 unspecified atom stereocenters. The van der Waals surface area contributed by atoms with Crippen molar-refractivity contribution in [2.24, 2.45) is 0 Å². The van der Waals surface area contributed by atoms with Crippen molar-refractivity contribution in [3.63, 3.8) is 0 Å². The molecule has 1 saturated heterocycles. The maximum atomic E-state index is 8.60. The Kier molecular flexibility index (Phi) is 6.39. The standard InChI is InChI=1S/C12H22N2O2/c1-11-4-5-12(16-11)10-14(7-3-6-13)8-9-15-2/h11-12H,3-5,7-10H2,1-2H3. The molecule has 1 heterocycles. The van der Waals surface area contributed by atoms with Crippen molar-refractivity contribution in [1.82, 2.24) is 4.90 Å². The Balaban J connectivity index is 2.28. The van der Waals surface area contributed by atoms with Gasteiger partial charge < -0.3 is 9.47 Å². The van der Waals surface area contributed by atoms with Gasteiger partial charge in [-0.25, -0.2) is 0 Å². The van der Waals surface area contributed by atoms with Gasteiger partial charge >= 0.3 is 0 Å². The number of nitriles is 1. The molecule has 0 saturated carbocycles. The fraction of sp³-hybridized carbons (Fsp3) is 0.917. The van der Waals surface area contributed by atoms with Gasteiger partial charge in [0.05, 0.1) is 24.9 Å². The van der Waals surface area contributed by atoms with E-state index < -0.39 is 0 Å². The zero-order valence-corrected chi connectivity index (χ0v) is 10.3. The first-order chi connectivity index (χ1) is 7.76. The number of hydrogen-bond donors (Lipinski definition) is 0. The lowest BCUT2D eigenvalue weighted by atomic mass is 10.2. The average Bonchev–Trinajstić information content (AvgIpc) is 2.68. The number of rotatable bonds is 7. The Bertz CT molecular complexity index is 228. The molecular weight excluding hydrogens is 204 g/mol. The first-order valence-electron chi connectivity index (χ1n) is 6.00. The highest BCUT2D eigenvalue weighted by atomic mass is 16.5. The van der Waals surface area contributed by atoms with Crippen LogP contribution in [0, 0.1) is 11.3 Å². The summed E-state index contributed by atoms with van der Waals surface area (Å²) in [5, 5.41) is 8.60. The second-order valence-electron chi connectivity index (χ2n) is 4.35. The van der Waals surface area contributed by atoms with Crippen molar-refractivity contribution in [1.29, 1.82) is 5.26 Å². The van der Waals surface area contributed by atoms with E-state index >= 15 is 0 Å². The summed E-state index contributed by atoms with van der Waals surface area (Å²) in [5.74, 6) is 0. The predicted octanol–water partition coefficient (Wildman–Crippen LogP) is 1.42. The van der Waals surface area contributed by atoms with Gasteiger partial charge in [0.1, 0.15) is 0 Å². The summed E-state index contributed by atoms with van der Waals surface area (Å²) in [4.78, 5) is 2.26. The molecule has 4 heteroatoms. The molecule has 0 aromatic rings. The molecule has 4 nitrogen and oxygen atoms in total. The average molecular weight is 226 g/mol. The molecule has 0 aromatic heterocycles. The summed E-state index contributed by atoms with van der Waals surface area (Å²) in [5.41, 5.74) is 0. The summed E-state index contributed by atoms with van der Waals surface area (Å²) < 4.78 is 10.9. The number of methoxy groups -OCH3 is 1. The smallest absolute Gasteiger partial charge is 0.0706 e. The maximum absolute atomic E-state index is 8.60. The van der Waals surface area contributed by atoms with Crippen molar-refractivity contribution >= 4 is 0 Å². The van der Waals surface area contributed by atoms with Gasteiger partial charge in [0, 0.05) is 33.2 Å². The number of nitrogens with zero attached hydrogens (tertiary/aromatic N) is 2. The Morgan fingerprint density at radius 2 is 2.25 bits per heavy atom. The van der Waals surface area contributed by atoms with Gasteiger partial charge in [0.15, 0.2) is 0 Å². The molecule has 0 N–H and O–H groups in total. The first-order valence-corrected chi connectivity index (χ1v) is 6.00. The minimum Gasteiger partial charge on any atom is -0.383 e. The fourth-order valence-electron chi connectivity index (χ4n) is 2.03. The highest BCUT2D eigenvalue weighted by molar-refractivity contribution is 4.77. The highest BCUT2D eigenvalue weighted by Crippen LogP contribution is 2.19. The van der Waals surface area contributed by atoms with E-state index in [-0.39, 0.29) is 0 Å². The molecule has 0 amide bonds. The molecule has 0 spiro atoms. The zero-order chi connectivity index (χ0) is 11.8. The predicted molar refractivity (Wildman–Crippen MR) is 62.1 cm³/mol. The van der Waals surface area contributed by atoms with E-state index in [4.69, 9.17) is 14.7 Å². The monoisotopic (exact) mass is 226 g/mol. The highest BCUT2D eigenvalue weighted by Gasteiger charge is 2.23. The van der Waals surface area contributed by atoms with E-state index in [1.807, 2.05) is 0 Å². The molecule has 2 atom stereocenters. The minimum atomic E-state index is 0.338. The van der Waals surface area contributed by atoms with Crippen molar-refractivity contribution in [3.8, 4) is 6.07 Å². The topological polar surface area (TPSA) is 45.5 Å². The summed E-state index contributed by atoms with van der Waals surface area (Å²) in [6.07, 6.45) is 3.60. The van der Waals surface area contributed by atoms with Crippen LogP contribution in [0.5, 0.6) is 0 Å². The van der Waals surface area contributed by atoms with Crippen molar-refractivity contribution in [2.75, 3.05) is 33.4 Å². The van der Waals surface area contributed by atoms with E-state index in [2.05, 4.69) is 17.9 Å². The minimum absolute atomic E-state index is 0.338. The molecule has 1 rings (SSSR count). The molecule has 0 aliphatic carbocycles. The Morgan fingerprint density at radius 1 is 1.44 bits per heavy atom. The van der Waals surface area contributed by atoms with Gasteiger partial charge in [-0.1, -0.05) is 0 Å². The van der Waals surface area contributed by atoms with Crippen LogP contribution in [0.3, 0.4) is 0 Å². The third-order valence-electron chi connectivity index (χ3n) is 2.93. The largest absolute Gasteiger partial charge is 0.383 e. The van der Waals surface area contributed by atoms with Gasteiger partial charge in [-0.2, -0.15) is 5.26 Å². The molecule has 1 fully saturated rings. The van der Waals surface area contributed by atoms with Crippen LogP contribution in [0.1, 0.15) is 26.2 Å². The summed E-state index contributed by atoms with van der Waals surface area (Å²) >= 11 is 0. The van der Waals surface area contributed by atoms with Crippen LogP contribution in [0.4, 0.5) is 0 Å². The lowest BCUT2D eigenvalue weighted by Gasteiger charge is -2.24. The summed E-state index contributed by atoms with van der Waals surface area (Å²) in [6.45, 7) is 5.46. The molecule has 1 aliphatic heterocycles. The van der Waals surface area contributed by atoms with Crippen LogP contribution in [-0.2, 0) is 9.47 Å². The second-order valence-corrected chi connectivity index (χ2v) is 4.35. The zero-order valence-electron chi connectivity index (χ0n) is 10.3. The van der Waals surface area contributed by atoms with Gasteiger partial charge in [0.2, 0.25) is 0 Å². The first kappa shape index (κ1) is 13.4. The van der Waals surface area contributed by atoms with E-state index in [0.29, 0.717) is 25.2 Å². The molecule has 0 radical (unpaired) electrons. The van der Waals surface area contributed by atoms with Gasteiger partial charge in [-0.15, -0.1) is 0 Å². The SMILES string of the molecule is COCCN(CCC#N)CC1CCC(C)O1. The molecule has 0 aromatic carbocycles. The maximum Gasteiger partial charge on any atom is 0.0706 e. The number of ether oxygens (including phenoxy) is 2. The third-order valence-corrected chi connectivity index (χ3v) is 2.93. The second kappa shape index (κ2) is 7.61. The van der Waals surface area contributed by atoms with Crippen LogP contribution in [-0.4, -0.2) is 50.5 Å². The molecular formula is C12H22N2O2. The molecule has 0 bridgehead atoms. The Morgan fingerprint density at radius 3 is 2.81 bits per heavy atom. The van der Waals surface area contributed by atoms with Gasteiger partial charge in [-0.3, -0.25) is 4.90 Å².